The van der Waals surface area contributed by atoms with Crippen LogP contribution in [0.15, 0.2) is 46.0 Å². The Kier molecular flexibility index (Phi) is 6.19. The fraction of sp³-hybridized carbons (Fsp3) is 0.318. The molecule has 6 heteroatoms. The van der Waals surface area contributed by atoms with E-state index < -0.39 is 0 Å². The number of aromatic nitrogens is 2. The lowest BCUT2D eigenvalue weighted by atomic mass is 9.98. The van der Waals surface area contributed by atoms with E-state index in [0.717, 1.165) is 22.4 Å². The van der Waals surface area contributed by atoms with Gasteiger partial charge in [0.1, 0.15) is 0 Å². The third-order valence-electron chi connectivity index (χ3n) is 4.68. The molecule has 0 spiro atoms. The first-order valence-electron chi connectivity index (χ1n) is 9.28. The number of benzene rings is 2. The van der Waals surface area contributed by atoms with Gasteiger partial charge in [0.2, 0.25) is 11.8 Å². The Morgan fingerprint density at radius 1 is 1.07 bits per heavy atom. The first-order chi connectivity index (χ1) is 13.3. The summed E-state index contributed by atoms with van der Waals surface area (Å²) in [6.45, 7) is 10.3. The maximum absolute atomic E-state index is 12.4. The van der Waals surface area contributed by atoms with Crippen LogP contribution in [-0.4, -0.2) is 21.9 Å². The van der Waals surface area contributed by atoms with E-state index in [-0.39, 0.29) is 11.7 Å². The molecule has 1 aromatic heterocycles. The Labute approximate surface area is 170 Å². The Bertz CT molecular complexity index is 995. The Morgan fingerprint density at radius 3 is 2.57 bits per heavy atom. The average Bonchev–Trinajstić information content (AvgIpc) is 3.13. The number of carbonyl (C=O) groups excluding carboxylic acids is 1. The fourth-order valence-electron chi connectivity index (χ4n) is 2.90. The van der Waals surface area contributed by atoms with Crippen molar-refractivity contribution in [2.75, 3.05) is 11.1 Å². The summed E-state index contributed by atoms with van der Waals surface area (Å²) in [4.78, 5) is 12.4. The van der Waals surface area contributed by atoms with E-state index in [0.29, 0.717) is 17.0 Å². The SMILES string of the molecule is Cc1ccc(-c2nnc(SCC(=O)Nc3c(C)cccc3C(C)C)o2)cc1C. The number of thioether (sulfide) groups is 1. The van der Waals surface area contributed by atoms with Gasteiger partial charge in [0, 0.05) is 11.3 Å². The highest BCUT2D eigenvalue weighted by Crippen LogP contribution is 2.28. The van der Waals surface area contributed by atoms with Crippen molar-refractivity contribution >= 4 is 23.4 Å². The number of hydrogen-bond donors (Lipinski definition) is 1. The number of amides is 1. The molecule has 0 aliphatic carbocycles. The van der Waals surface area contributed by atoms with Crippen molar-refractivity contribution in [1.82, 2.24) is 10.2 Å². The average molecular weight is 396 g/mol. The second-order valence-corrected chi connectivity index (χ2v) is 8.13. The molecule has 5 nitrogen and oxygen atoms in total. The monoisotopic (exact) mass is 395 g/mol. The van der Waals surface area contributed by atoms with Gasteiger partial charge in [0.05, 0.1) is 5.75 Å². The maximum atomic E-state index is 12.4. The summed E-state index contributed by atoms with van der Waals surface area (Å²) in [6, 6.07) is 12.1. The number of nitrogens with zero attached hydrogens (tertiary/aromatic N) is 2. The standard InChI is InChI=1S/C22H25N3O2S/c1-13(2)18-8-6-7-15(4)20(18)23-19(26)12-28-22-25-24-21(27-22)17-10-9-14(3)16(5)11-17/h6-11,13H,12H2,1-5H3,(H,23,26). The minimum atomic E-state index is -0.0906. The summed E-state index contributed by atoms with van der Waals surface area (Å²) in [5.74, 6) is 0.916. The van der Waals surface area contributed by atoms with Crippen LogP contribution in [0.1, 0.15) is 42.0 Å². The van der Waals surface area contributed by atoms with Gasteiger partial charge < -0.3 is 9.73 Å². The van der Waals surface area contributed by atoms with E-state index in [4.69, 9.17) is 4.42 Å². The number of anilines is 1. The topological polar surface area (TPSA) is 68.0 Å². The van der Waals surface area contributed by atoms with Crippen LogP contribution >= 0.6 is 11.8 Å². The Balaban J connectivity index is 1.65. The predicted octanol–water partition coefficient (Wildman–Crippen LogP) is 5.52. The molecule has 3 rings (SSSR count). The number of rotatable bonds is 6. The zero-order valence-corrected chi connectivity index (χ0v) is 17.7. The second-order valence-electron chi connectivity index (χ2n) is 7.20. The van der Waals surface area contributed by atoms with Crippen LogP contribution < -0.4 is 5.32 Å². The molecule has 0 saturated heterocycles. The van der Waals surface area contributed by atoms with Gasteiger partial charge in [-0.1, -0.05) is 49.9 Å². The molecular weight excluding hydrogens is 370 g/mol. The predicted molar refractivity (Wildman–Crippen MR) is 114 cm³/mol. The maximum Gasteiger partial charge on any atom is 0.277 e. The number of nitrogens with one attached hydrogen (secondary N) is 1. The van der Waals surface area contributed by atoms with Gasteiger partial charge in [-0.05, 0) is 61.1 Å². The Morgan fingerprint density at radius 2 is 1.86 bits per heavy atom. The van der Waals surface area contributed by atoms with E-state index in [9.17, 15) is 4.79 Å². The molecule has 0 aliphatic heterocycles. The quantitative estimate of drug-likeness (QED) is 0.557. The number of carbonyl (C=O) groups is 1. The number of hydrogen-bond acceptors (Lipinski definition) is 5. The smallest absolute Gasteiger partial charge is 0.277 e. The third kappa shape index (κ3) is 4.62. The highest BCUT2D eigenvalue weighted by molar-refractivity contribution is 7.99. The van der Waals surface area contributed by atoms with Gasteiger partial charge in [-0.25, -0.2) is 0 Å². The number of aryl methyl sites for hydroxylation is 3. The summed E-state index contributed by atoms with van der Waals surface area (Å²) < 4.78 is 5.71. The van der Waals surface area contributed by atoms with Gasteiger partial charge in [0.25, 0.3) is 5.22 Å². The van der Waals surface area contributed by atoms with Crippen molar-refractivity contribution in [3.63, 3.8) is 0 Å². The minimum absolute atomic E-state index is 0.0906. The lowest BCUT2D eigenvalue weighted by molar-refractivity contribution is -0.113. The van der Waals surface area contributed by atoms with Crippen LogP contribution in [-0.2, 0) is 4.79 Å². The second kappa shape index (κ2) is 8.61. The van der Waals surface area contributed by atoms with E-state index >= 15 is 0 Å². The zero-order chi connectivity index (χ0) is 20.3. The van der Waals surface area contributed by atoms with E-state index in [1.807, 2.05) is 50.2 Å². The zero-order valence-electron chi connectivity index (χ0n) is 16.9. The molecule has 2 aromatic carbocycles. The fourth-order valence-corrected chi connectivity index (χ4v) is 3.47. The van der Waals surface area contributed by atoms with E-state index in [2.05, 4.69) is 36.3 Å². The van der Waals surface area contributed by atoms with Crippen molar-refractivity contribution < 1.29 is 9.21 Å². The van der Waals surface area contributed by atoms with Crippen molar-refractivity contribution in [3.05, 3.63) is 58.7 Å². The van der Waals surface area contributed by atoms with Gasteiger partial charge in [-0.2, -0.15) is 0 Å². The summed E-state index contributed by atoms with van der Waals surface area (Å²) >= 11 is 1.24. The third-order valence-corrected chi connectivity index (χ3v) is 5.50. The summed E-state index contributed by atoms with van der Waals surface area (Å²) in [5, 5.41) is 11.6. The van der Waals surface area contributed by atoms with Crippen molar-refractivity contribution in [2.24, 2.45) is 0 Å². The van der Waals surface area contributed by atoms with Crippen molar-refractivity contribution in [1.29, 1.82) is 0 Å². The molecule has 1 amide bonds. The summed E-state index contributed by atoms with van der Waals surface area (Å²) in [5.41, 5.74) is 6.35. The van der Waals surface area contributed by atoms with Gasteiger partial charge in [-0.15, -0.1) is 10.2 Å². The first-order valence-corrected chi connectivity index (χ1v) is 10.3. The lowest BCUT2D eigenvalue weighted by Crippen LogP contribution is -2.16. The van der Waals surface area contributed by atoms with Gasteiger partial charge in [-0.3, -0.25) is 4.79 Å². The summed E-state index contributed by atoms with van der Waals surface area (Å²) in [7, 11) is 0. The molecule has 0 radical (unpaired) electrons. The molecule has 0 atom stereocenters. The molecule has 0 fully saturated rings. The van der Waals surface area contributed by atoms with Gasteiger partial charge >= 0.3 is 0 Å². The lowest BCUT2D eigenvalue weighted by Gasteiger charge is -2.16. The normalized spacial score (nSPS) is 11.1. The van der Waals surface area contributed by atoms with Crippen LogP contribution in [0.25, 0.3) is 11.5 Å². The van der Waals surface area contributed by atoms with Crippen LogP contribution in [0.3, 0.4) is 0 Å². The molecular formula is C22H25N3O2S. The largest absolute Gasteiger partial charge is 0.411 e. The molecule has 28 heavy (non-hydrogen) atoms. The highest BCUT2D eigenvalue weighted by atomic mass is 32.2. The van der Waals surface area contributed by atoms with Crippen LogP contribution in [0.2, 0.25) is 0 Å². The van der Waals surface area contributed by atoms with E-state index in [1.165, 1.54) is 22.9 Å². The Hall–Kier alpha value is -2.60. The summed E-state index contributed by atoms with van der Waals surface area (Å²) in [6.07, 6.45) is 0. The van der Waals surface area contributed by atoms with E-state index in [1.54, 1.807) is 0 Å². The molecule has 0 unspecified atom stereocenters. The number of para-hydroxylation sites is 1. The highest BCUT2D eigenvalue weighted by Gasteiger charge is 2.15. The van der Waals surface area contributed by atoms with Crippen molar-refractivity contribution in [3.8, 4) is 11.5 Å². The van der Waals surface area contributed by atoms with Crippen LogP contribution in [0.5, 0.6) is 0 Å². The molecule has 146 valence electrons. The van der Waals surface area contributed by atoms with Crippen LogP contribution in [0, 0.1) is 20.8 Å². The van der Waals surface area contributed by atoms with Gasteiger partial charge in [0.15, 0.2) is 0 Å². The van der Waals surface area contributed by atoms with Crippen LogP contribution in [0.4, 0.5) is 5.69 Å². The molecule has 0 aliphatic rings. The molecule has 0 bridgehead atoms. The van der Waals surface area contributed by atoms with Crippen molar-refractivity contribution in [2.45, 2.75) is 45.8 Å². The molecule has 1 N–H and O–H groups in total. The molecule has 1 heterocycles. The minimum Gasteiger partial charge on any atom is -0.411 e. The first kappa shape index (κ1) is 20.1. The molecule has 3 aromatic rings. The molecule has 0 saturated carbocycles.